The van der Waals surface area contributed by atoms with E-state index in [1.54, 1.807) is 0 Å². The van der Waals surface area contributed by atoms with Crippen molar-refractivity contribution in [1.82, 2.24) is 0 Å². The van der Waals surface area contributed by atoms with E-state index in [2.05, 4.69) is 4.74 Å². The molecule has 0 fully saturated rings. The Morgan fingerprint density at radius 2 is 2.31 bits per heavy atom. The predicted molar refractivity (Wildman–Crippen MR) is 52.2 cm³/mol. The molecular weight excluding hydrogens is 217 g/mol. The molecule has 0 N–H and O–H groups in total. The van der Waals surface area contributed by atoms with Gasteiger partial charge < -0.3 is 4.74 Å². The van der Waals surface area contributed by atoms with Crippen LogP contribution in [-0.4, -0.2) is 17.5 Å². The maximum absolute atomic E-state index is 13.1. The zero-order chi connectivity index (χ0) is 12.1. The molecule has 0 heterocycles. The second kappa shape index (κ2) is 4.89. The fourth-order valence-electron chi connectivity index (χ4n) is 0.968. The first kappa shape index (κ1) is 11.7. The summed E-state index contributed by atoms with van der Waals surface area (Å²) in [6.45, 7) is -0.318. The normalized spacial score (nSPS) is 9.25. The van der Waals surface area contributed by atoms with E-state index >= 15 is 0 Å². The summed E-state index contributed by atoms with van der Waals surface area (Å²) in [6.07, 6.45) is 4.84. The number of hydrogen-bond donors (Lipinski definition) is 0. The third-order valence-corrected chi connectivity index (χ3v) is 1.67. The van der Waals surface area contributed by atoms with Gasteiger partial charge in [-0.3, -0.25) is 10.1 Å². The summed E-state index contributed by atoms with van der Waals surface area (Å²) in [6, 6.07) is 2.58. The number of esters is 1. The molecule has 1 aromatic rings. The monoisotopic (exact) mass is 223 g/mol. The summed E-state index contributed by atoms with van der Waals surface area (Å²) in [4.78, 5) is 20.9. The molecular formula is C10H6FNO4. The Balaban J connectivity index is 3.03. The Morgan fingerprint density at radius 3 is 2.88 bits per heavy atom. The number of benzene rings is 1. The fraction of sp³-hybridized carbons (Fsp3) is 0.100. The lowest BCUT2D eigenvalue weighted by Gasteiger charge is -2.02. The van der Waals surface area contributed by atoms with Gasteiger partial charge in [0.15, 0.2) is 6.61 Å². The lowest BCUT2D eigenvalue weighted by atomic mass is 10.2. The molecule has 0 amide bonds. The summed E-state index contributed by atoms with van der Waals surface area (Å²) < 4.78 is 17.6. The Morgan fingerprint density at radius 1 is 1.62 bits per heavy atom. The molecule has 82 valence electrons. The summed E-state index contributed by atoms with van der Waals surface area (Å²) in [5.74, 6) is 0.102. The summed E-state index contributed by atoms with van der Waals surface area (Å²) in [5, 5.41) is 10.4. The number of hydrogen-bond acceptors (Lipinski definition) is 4. The van der Waals surface area contributed by atoms with Crippen LogP contribution in [0, 0.1) is 28.3 Å². The van der Waals surface area contributed by atoms with Crippen LogP contribution in [0.25, 0.3) is 0 Å². The number of nitro groups is 1. The number of rotatable bonds is 3. The van der Waals surface area contributed by atoms with Gasteiger partial charge in [-0.2, -0.15) is 0 Å². The first-order valence-corrected chi connectivity index (χ1v) is 4.10. The van der Waals surface area contributed by atoms with E-state index in [4.69, 9.17) is 6.42 Å². The van der Waals surface area contributed by atoms with E-state index in [0.717, 1.165) is 18.2 Å². The van der Waals surface area contributed by atoms with Crippen LogP contribution in [0.3, 0.4) is 0 Å². The molecule has 0 bridgehead atoms. The van der Waals surface area contributed by atoms with Crippen LogP contribution < -0.4 is 0 Å². The number of carbonyl (C=O) groups is 1. The van der Waals surface area contributed by atoms with Crippen molar-refractivity contribution in [2.75, 3.05) is 6.61 Å². The van der Waals surface area contributed by atoms with Crippen LogP contribution in [0.15, 0.2) is 18.2 Å². The van der Waals surface area contributed by atoms with Gasteiger partial charge in [-0.1, -0.05) is 5.92 Å². The molecule has 6 heteroatoms. The van der Waals surface area contributed by atoms with Gasteiger partial charge in [0.2, 0.25) is 0 Å². The summed E-state index contributed by atoms with van der Waals surface area (Å²) in [5.41, 5.74) is -0.904. The number of terminal acetylenes is 1. The van der Waals surface area contributed by atoms with E-state index in [1.165, 1.54) is 0 Å². The molecule has 0 spiro atoms. The zero-order valence-electron chi connectivity index (χ0n) is 7.97. The van der Waals surface area contributed by atoms with E-state index in [1.807, 2.05) is 5.92 Å². The van der Waals surface area contributed by atoms with Gasteiger partial charge in [0.25, 0.3) is 5.69 Å². The van der Waals surface area contributed by atoms with Gasteiger partial charge in [0.1, 0.15) is 11.4 Å². The van der Waals surface area contributed by atoms with Crippen molar-refractivity contribution in [2.45, 2.75) is 0 Å². The van der Waals surface area contributed by atoms with Crippen molar-refractivity contribution < 1.29 is 18.8 Å². The molecule has 16 heavy (non-hydrogen) atoms. The molecule has 0 aliphatic rings. The third kappa shape index (κ3) is 2.54. The highest BCUT2D eigenvalue weighted by Crippen LogP contribution is 2.17. The average molecular weight is 223 g/mol. The Labute approximate surface area is 90.0 Å². The van der Waals surface area contributed by atoms with Gasteiger partial charge >= 0.3 is 5.97 Å². The van der Waals surface area contributed by atoms with Crippen LogP contribution in [0.4, 0.5) is 10.1 Å². The van der Waals surface area contributed by atoms with Crippen LogP contribution in [0.5, 0.6) is 0 Å². The molecule has 0 atom stereocenters. The molecule has 0 aliphatic carbocycles. The smallest absolute Gasteiger partial charge is 0.342 e. The van der Waals surface area contributed by atoms with Gasteiger partial charge in [-0.05, 0) is 6.07 Å². The van der Waals surface area contributed by atoms with E-state index in [-0.39, 0.29) is 6.61 Å². The Kier molecular flexibility index (Phi) is 3.56. The van der Waals surface area contributed by atoms with Crippen molar-refractivity contribution in [3.8, 4) is 12.3 Å². The molecule has 5 nitrogen and oxygen atoms in total. The number of ether oxygens (including phenoxy) is 1. The van der Waals surface area contributed by atoms with E-state index in [0.29, 0.717) is 0 Å². The molecule has 0 aliphatic heterocycles. The van der Waals surface area contributed by atoms with Crippen LogP contribution in [0.1, 0.15) is 10.4 Å². The number of halogens is 1. The first-order valence-electron chi connectivity index (χ1n) is 4.10. The highest BCUT2D eigenvalue weighted by molar-refractivity contribution is 5.90. The van der Waals surface area contributed by atoms with Gasteiger partial charge in [0.05, 0.1) is 4.92 Å². The topological polar surface area (TPSA) is 69.4 Å². The first-order chi connectivity index (χ1) is 7.56. The molecule has 1 aromatic carbocycles. The van der Waals surface area contributed by atoms with Crippen LogP contribution >= 0.6 is 0 Å². The van der Waals surface area contributed by atoms with E-state index in [9.17, 15) is 19.3 Å². The number of carbonyl (C=O) groups excluding carboxylic acids is 1. The van der Waals surface area contributed by atoms with E-state index < -0.39 is 28.0 Å². The maximum Gasteiger partial charge on any atom is 0.342 e. The molecule has 0 aromatic heterocycles. The Bertz CT molecular complexity index is 478. The standard InChI is InChI=1S/C10H6FNO4/c1-2-5-16-10(13)8-6-7(12(14)15)3-4-9(8)11/h1,3-4,6H,5H2. The van der Waals surface area contributed by atoms with Crippen molar-refractivity contribution >= 4 is 11.7 Å². The highest BCUT2D eigenvalue weighted by atomic mass is 19.1. The second-order valence-electron chi connectivity index (χ2n) is 2.70. The largest absolute Gasteiger partial charge is 0.449 e. The highest BCUT2D eigenvalue weighted by Gasteiger charge is 2.17. The van der Waals surface area contributed by atoms with Crippen molar-refractivity contribution in [3.63, 3.8) is 0 Å². The zero-order valence-corrected chi connectivity index (χ0v) is 7.97. The van der Waals surface area contributed by atoms with Gasteiger partial charge in [0, 0.05) is 12.1 Å². The quantitative estimate of drug-likeness (QED) is 0.337. The maximum atomic E-state index is 13.1. The number of nitro benzene ring substituents is 1. The number of nitrogens with zero attached hydrogens (tertiary/aromatic N) is 1. The van der Waals surface area contributed by atoms with Crippen LogP contribution in [-0.2, 0) is 4.74 Å². The molecule has 0 radical (unpaired) electrons. The average Bonchev–Trinajstić information content (AvgIpc) is 2.26. The van der Waals surface area contributed by atoms with Crippen molar-refractivity contribution in [1.29, 1.82) is 0 Å². The lowest BCUT2D eigenvalue weighted by molar-refractivity contribution is -0.384. The summed E-state index contributed by atoms with van der Waals surface area (Å²) in [7, 11) is 0. The molecule has 0 unspecified atom stereocenters. The molecule has 0 saturated heterocycles. The minimum Gasteiger partial charge on any atom is -0.449 e. The molecule has 1 rings (SSSR count). The minimum absolute atomic E-state index is 0.318. The summed E-state index contributed by atoms with van der Waals surface area (Å²) >= 11 is 0. The van der Waals surface area contributed by atoms with Gasteiger partial charge in [-0.25, -0.2) is 9.18 Å². The van der Waals surface area contributed by atoms with Crippen LogP contribution in [0.2, 0.25) is 0 Å². The fourth-order valence-corrected chi connectivity index (χ4v) is 0.968. The SMILES string of the molecule is C#CCOC(=O)c1cc([N+](=O)[O-])ccc1F. The van der Waals surface area contributed by atoms with Crippen molar-refractivity contribution in [3.05, 3.63) is 39.7 Å². The van der Waals surface area contributed by atoms with Gasteiger partial charge in [-0.15, -0.1) is 6.42 Å². The number of non-ortho nitro benzene ring substituents is 1. The molecule has 0 saturated carbocycles. The second-order valence-corrected chi connectivity index (χ2v) is 2.70. The minimum atomic E-state index is -1.03. The Hall–Kier alpha value is -2.42. The lowest BCUT2D eigenvalue weighted by Crippen LogP contribution is -2.08. The predicted octanol–water partition coefficient (Wildman–Crippen LogP) is 1.52. The third-order valence-electron chi connectivity index (χ3n) is 1.67. The van der Waals surface area contributed by atoms with Crippen molar-refractivity contribution in [2.24, 2.45) is 0 Å².